The molecular weight excluding hydrogens is 304 g/mol. The van der Waals surface area contributed by atoms with Crippen LogP contribution in [0.25, 0.3) is 0 Å². The van der Waals surface area contributed by atoms with Crippen LogP contribution in [-0.4, -0.2) is 18.4 Å². The molecule has 0 aromatic heterocycles. The number of carbonyl (C=O) groups excluding carboxylic acids is 2. The molecule has 1 aliphatic rings. The predicted octanol–water partition coefficient (Wildman–Crippen LogP) is 3.19. The van der Waals surface area contributed by atoms with Gasteiger partial charge in [0.25, 0.3) is 0 Å². The lowest BCUT2D eigenvalue weighted by molar-refractivity contribution is -0.121. The van der Waals surface area contributed by atoms with Crippen molar-refractivity contribution in [2.24, 2.45) is 5.92 Å². The molecular formula is C19H20N2O3. The maximum Gasteiger partial charge on any atom is 0.250 e. The van der Waals surface area contributed by atoms with Crippen molar-refractivity contribution in [3.63, 3.8) is 0 Å². The van der Waals surface area contributed by atoms with Crippen LogP contribution < -0.4 is 10.6 Å². The Balaban J connectivity index is 1.41. The molecule has 0 aliphatic heterocycles. The molecule has 0 radical (unpaired) electrons. The minimum absolute atomic E-state index is 0.00490. The zero-order valence-corrected chi connectivity index (χ0v) is 13.3. The molecule has 5 heteroatoms. The number of hydrogen-bond acceptors (Lipinski definition) is 3. The van der Waals surface area contributed by atoms with Crippen LogP contribution in [-0.2, 0) is 20.9 Å². The van der Waals surface area contributed by atoms with Gasteiger partial charge in [0.1, 0.15) is 6.61 Å². The Labute approximate surface area is 141 Å². The van der Waals surface area contributed by atoms with Crippen molar-refractivity contribution < 1.29 is 14.3 Å². The first-order chi connectivity index (χ1) is 11.7. The summed E-state index contributed by atoms with van der Waals surface area (Å²) >= 11 is 0. The number of amides is 2. The van der Waals surface area contributed by atoms with Crippen LogP contribution in [0.5, 0.6) is 0 Å². The lowest BCUT2D eigenvalue weighted by Gasteiger charge is -2.08. The van der Waals surface area contributed by atoms with E-state index in [-0.39, 0.29) is 24.3 Å². The fourth-order valence-corrected chi connectivity index (χ4v) is 2.26. The van der Waals surface area contributed by atoms with Crippen molar-refractivity contribution in [1.29, 1.82) is 0 Å². The van der Waals surface area contributed by atoms with Crippen LogP contribution in [0.15, 0.2) is 54.6 Å². The zero-order valence-electron chi connectivity index (χ0n) is 13.3. The van der Waals surface area contributed by atoms with E-state index in [0.29, 0.717) is 12.3 Å². The second-order valence-electron chi connectivity index (χ2n) is 5.87. The van der Waals surface area contributed by atoms with Crippen molar-refractivity contribution in [2.75, 3.05) is 17.2 Å². The smallest absolute Gasteiger partial charge is 0.250 e. The second-order valence-corrected chi connectivity index (χ2v) is 5.87. The minimum atomic E-state index is -0.208. The van der Waals surface area contributed by atoms with E-state index in [2.05, 4.69) is 10.6 Å². The highest BCUT2D eigenvalue weighted by molar-refractivity contribution is 5.95. The van der Waals surface area contributed by atoms with E-state index in [1.165, 1.54) is 0 Å². The molecule has 2 N–H and O–H groups in total. The van der Waals surface area contributed by atoms with Crippen LogP contribution >= 0.6 is 0 Å². The molecule has 24 heavy (non-hydrogen) atoms. The lowest BCUT2D eigenvalue weighted by Crippen LogP contribution is -2.18. The molecule has 0 saturated heterocycles. The van der Waals surface area contributed by atoms with E-state index in [1.54, 1.807) is 24.3 Å². The van der Waals surface area contributed by atoms with Gasteiger partial charge in [0.15, 0.2) is 0 Å². The fourth-order valence-electron chi connectivity index (χ4n) is 2.26. The van der Waals surface area contributed by atoms with E-state index < -0.39 is 0 Å². The molecule has 2 aromatic rings. The minimum Gasteiger partial charge on any atom is -0.367 e. The van der Waals surface area contributed by atoms with Gasteiger partial charge in [-0.05, 0) is 42.7 Å². The van der Waals surface area contributed by atoms with E-state index in [0.717, 1.165) is 24.1 Å². The highest BCUT2D eigenvalue weighted by atomic mass is 16.5. The van der Waals surface area contributed by atoms with Crippen LogP contribution in [0, 0.1) is 5.92 Å². The van der Waals surface area contributed by atoms with Gasteiger partial charge in [-0.25, -0.2) is 0 Å². The molecule has 0 atom stereocenters. The number of ether oxygens (including phenoxy) is 1. The average molecular weight is 324 g/mol. The maximum absolute atomic E-state index is 11.9. The van der Waals surface area contributed by atoms with Gasteiger partial charge in [-0.1, -0.05) is 30.3 Å². The average Bonchev–Trinajstić information content (AvgIpc) is 3.43. The van der Waals surface area contributed by atoms with Crippen LogP contribution in [0.4, 0.5) is 11.4 Å². The number of hydrogen-bond donors (Lipinski definition) is 2. The topological polar surface area (TPSA) is 67.4 Å². The molecule has 5 nitrogen and oxygen atoms in total. The summed E-state index contributed by atoms with van der Waals surface area (Å²) < 4.78 is 5.39. The highest BCUT2D eigenvalue weighted by Crippen LogP contribution is 2.30. The van der Waals surface area contributed by atoms with Crippen LogP contribution in [0.3, 0.4) is 0 Å². The summed E-state index contributed by atoms with van der Waals surface area (Å²) in [4.78, 5) is 23.5. The number of rotatable bonds is 7. The standard InChI is InChI=1S/C19H20N2O3/c22-18(13-24-12-14-4-2-1-3-5-14)20-16-8-10-17(11-9-16)21-19(23)15-6-7-15/h1-5,8-11,15H,6-7,12-13H2,(H,20,22)(H,21,23). The Morgan fingerprint density at radius 3 is 2.17 bits per heavy atom. The molecule has 124 valence electrons. The quantitative estimate of drug-likeness (QED) is 0.822. The van der Waals surface area contributed by atoms with E-state index in [9.17, 15) is 9.59 Å². The third kappa shape index (κ3) is 4.93. The first kappa shape index (κ1) is 16.2. The van der Waals surface area contributed by atoms with Crippen LogP contribution in [0.1, 0.15) is 18.4 Å². The van der Waals surface area contributed by atoms with Gasteiger partial charge in [-0.2, -0.15) is 0 Å². The molecule has 1 aliphatic carbocycles. The zero-order chi connectivity index (χ0) is 16.8. The summed E-state index contributed by atoms with van der Waals surface area (Å²) in [5.41, 5.74) is 2.44. The second kappa shape index (κ2) is 7.75. The van der Waals surface area contributed by atoms with E-state index in [4.69, 9.17) is 4.74 Å². The normalized spacial score (nSPS) is 13.3. The molecule has 3 rings (SSSR count). The molecule has 0 unspecified atom stereocenters. The van der Waals surface area contributed by atoms with E-state index >= 15 is 0 Å². The first-order valence-corrected chi connectivity index (χ1v) is 8.03. The molecule has 1 saturated carbocycles. The first-order valence-electron chi connectivity index (χ1n) is 8.03. The SMILES string of the molecule is O=C(COCc1ccccc1)Nc1ccc(NC(=O)C2CC2)cc1. The van der Waals surface area contributed by atoms with Gasteiger partial charge in [0.2, 0.25) is 11.8 Å². The van der Waals surface area contributed by atoms with E-state index in [1.807, 2.05) is 30.3 Å². The number of anilines is 2. The summed E-state index contributed by atoms with van der Waals surface area (Å²) in [6, 6.07) is 16.8. The van der Waals surface area contributed by atoms with Crippen molar-refractivity contribution in [2.45, 2.75) is 19.4 Å². The lowest BCUT2D eigenvalue weighted by atomic mass is 10.2. The molecule has 2 aromatic carbocycles. The summed E-state index contributed by atoms with van der Waals surface area (Å²) in [6.45, 7) is 0.398. The monoisotopic (exact) mass is 324 g/mol. The summed E-state index contributed by atoms with van der Waals surface area (Å²) in [6.07, 6.45) is 1.95. The Hall–Kier alpha value is -2.66. The van der Waals surface area contributed by atoms with Gasteiger partial charge in [-0.3, -0.25) is 9.59 Å². The number of benzene rings is 2. The number of nitrogens with one attached hydrogen (secondary N) is 2. The van der Waals surface area contributed by atoms with Gasteiger partial charge < -0.3 is 15.4 Å². The Kier molecular flexibility index (Phi) is 5.23. The molecule has 2 amide bonds. The molecule has 0 heterocycles. The Morgan fingerprint density at radius 1 is 0.917 bits per heavy atom. The summed E-state index contributed by atoms with van der Waals surface area (Å²) in [5, 5.41) is 5.63. The molecule has 0 bridgehead atoms. The van der Waals surface area contributed by atoms with Gasteiger partial charge in [-0.15, -0.1) is 0 Å². The fraction of sp³-hybridized carbons (Fsp3) is 0.263. The third-order valence-corrected chi connectivity index (χ3v) is 3.73. The Bertz CT molecular complexity index is 694. The third-order valence-electron chi connectivity index (χ3n) is 3.73. The van der Waals surface area contributed by atoms with Crippen molar-refractivity contribution in [1.82, 2.24) is 0 Å². The highest BCUT2D eigenvalue weighted by Gasteiger charge is 2.29. The van der Waals surface area contributed by atoms with Gasteiger partial charge in [0.05, 0.1) is 6.61 Å². The molecule has 1 fully saturated rings. The van der Waals surface area contributed by atoms with Gasteiger partial charge in [0, 0.05) is 17.3 Å². The molecule has 0 spiro atoms. The van der Waals surface area contributed by atoms with Crippen molar-refractivity contribution in [3.8, 4) is 0 Å². The summed E-state index contributed by atoms with van der Waals surface area (Å²) in [5.74, 6) is 0.0351. The predicted molar refractivity (Wildman–Crippen MR) is 92.5 cm³/mol. The number of carbonyl (C=O) groups is 2. The Morgan fingerprint density at radius 2 is 1.54 bits per heavy atom. The summed E-state index contributed by atoms with van der Waals surface area (Å²) in [7, 11) is 0. The van der Waals surface area contributed by atoms with Crippen molar-refractivity contribution >= 4 is 23.2 Å². The van der Waals surface area contributed by atoms with Crippen molar-refractivity contribution in [3.05, 3.63) is 60.2 Å². The largest absolute Gasteiger partial charge is 0.367 e. The van der Waals surface area contributed by atoms with Crippen LogP contribution in [0.2, 0.25) is 0 Å². The maximum atomic E-state index is 11.9. The van der Waals surface area contributed by atoms with Gasteiger partial charge >= 0.3 is 0 Å².